The van der Waals surface area contributed by atoms with Gasteiger partial charge in [0, 0.05) is 11.6 Å². The number of aliphatic carboxylic acids is 2. The van der Waals surface area contributed by atoms with Crippen molar-refractivity contribution in [1.82, 2.24) is 0 Å². The number of carboxylic acids is 2. The quantitative estimate of drug-likeness (QED) is 0.571. The maximum absolute atomic E-state index is 10.9. The van der Waals surface area contributed by atoms with Gasteiger partial charge in [0.15, 0.2) is 0 Å². The molecule has 4 unspecified atom stereocenters. The van der Waals surface area contributed by atoms with Crippen LogP contribution < -0.4 is 0 Å². The second kappa shape index (κ2) is 4.49. The van der Waals surface area contributed by atoms with Crippen molar-refractivity contribution in [3.63, 3.8) is 0 Å². The number of fused-ring (bicyclic) bond motifs is 1. The zero-order valence-corrected chi connectivity index (χ0v) is 9.63. The molecule has 0 bridgehead atoms. The molecule has 2 N–H and O–H groups in total. The molecule has 94 valence electrons. The van der Waals surface area contributed by atoms with Crippen LogP contribution in [0.4, 0.5) is 0 Å². The van der Waals surface area contributed by atoms with Crippen molar-refractivity contribution in [1.29, 1.82) is 0 Å². The van der Waals surface area contributed by atoms with Gasteiger partial charge in [-0.25, -0.2) is 9.59 Å². The number of carboxylic acid groups (broad SMARTS) is 2. The third-order valence-corrected chi connectivity index (χ3v) is 3.69. The van der Waals surface area contributed by atoms with E-state index in [0.29, 0.717) is 18.4 Å². The molecule has 2 rings (SSSR count). The molecule has 1 saturated carbocycles. The number of ether oxygens (including phenoxy) is 1. The van der Waals surface area contributed by atoms with Gasteiger partial charge in [-0.3, -0.25) is 0 Å². The van der Waals surface area contributed by atoms with Gasteiger partial charge in [0.1, 0.15) is 0 Å². The molecule has 0 radical (unpaired) electrons. The lowest BCUT2D eigenvalue weighted by molar-refractivity contribution is -0.135. The molecule has 4 atom stereocenters. The highest BCUT2D eigenvalue weighted by molar-refractivity contribution is 5.94. The van der Waals surface area contributed by atoms with Crippen molar-refractivity contribution in [3.05, 3.63) is 11.6 Å². The Hall–Kier alpha value is -1.36. The first kappa shape index (κ1) is 12.1. The maximum Gasteiger partial charge on any atom is 0.331 e. The third kappa shape index (κ3) is 2.85. The summed E-state index contributed by atoms with van der Waals surface area (Å²) in [4.78, 5) is 21.5. The lowest BCUT2D eigenvalue weighted by Crippen LogP contribution is -2.24. The number of hydrogen-bond acceptors (Lipinski definition) is 3. The fraction of sp³-hybridized carbons (Fsp3) is 0.667. The standard InChI is InChI=1S/C12H16O5/c1-6-2-9-10(17-9)4-7(6)3-8(12(15)16)5-11(13)14/h5-7,9-10H,2-4H2,1H3,(H,13,14)(H,15,16). The highest BCUT2D eigenvalue weighted by Crippen LogP contribution is 2.44. The molecule has 0 aromatic heterocycles. The van der Waals surface area contributed by atoms with E-state index in [2.05, 4.69) is 6.92 Å². The normalized spacial score (nSPS) is 36.2. The summed E-state index contributed by atoms with van der Waals surface area (Å²) in [6, 6.07) is 0. The molecule has 1 aliphatic heterocycles. The van der Waals surface area contributed by atoms with E-state index in [0.717, 1.165) is 18.9 Å². The van der Waals surface area contributed by atoms with Crippen LogP contribution in [0, 0.1) is 11.8 Å². The van der Waals surface area contributed by atoms with E-state index in [-0.39, 0.29) is 17.6 Å². The molecule has 1 aliphatic carbocycles. The van der Waals surface area contributed by atoms with Crippen LogP contribution in [0.2, 0.25) is 0 Å². The lowest BCUT2D eigenvalue weighted by Gasteiger charge is -2.26. The number of hydrogen-bond donors (Lipinski definition) is 2. The van der Waals surface area contributed by atoms with Gasteiger partial charge < -0.3 is 14.9 Å². The fourth-order valence-electron chi connectivity index (χ4n) is 2.61. The van der Waals surface area contributed by atoms with Crippen LogP contribution >= 0.6 is 0 Å². The van der Waals surface area contributed by atoms with Crippen LogP contribution in [-0.4, -0.2) is 34.4 Å². The van der Waals surface area contributed by atoms with E-state index in [4.69, 9.17) is 14.9 Å². The summed E-state index contributed by atoms with van der Waals surface area (Å²) in [7, 11) is 0. The minimum atomic E-state index is -1.20. The largest absolute Gasteiger partial charge is 0.478 e. The minimum Gasteiger partial charge on any atom is -0.478 e. The second-order valence-electron chi connectivity index (χ2n) is 4.94. The molecule has 0 spiro atoms. The average molecular weight is 240 g/mol. The summed E-state index contributed by atoms with van der Waals surface area (Å²) in [5, 5.41) is 17.6. The van der Waals surface area contributed by atoms with E-state index in [1.807, 2.05) is 0 Å². The highest BCUT2D eigenvalue weighted by atomic mass is 16.6. The van der Waals surface area contributed by atoms with E-state index < -0.39 is 11.9 Å². The maximum atomic E-state index is 10.9. The summed E-state index contributed by atoms with van der Waals surface area (Å²) >= 11 is 0. The van der Waals surface area contributed by atoms with E-state index in [9.17, 15) is 9.59 Å². The summed E-state index contributed by atoms with van der Waals surface area (Å²) < 4.78 is 5.42. The van der Waals surface area contributed by atoms with E-state index >= 15 is 0 Å². The molecule has 2 aliphatic rings. The lowest BCUT2D eigenvalue weighted by atomic mass is 9.77. The molecule has 1 heterocycles. The van der Waals surface area contributed by atoms with Gasteiger partial charge in [-0.1, -0.05) is 6.92 Å². The summed E-state index contributed by atoms with van der Waals surface area (Å²) in [6.45, 7) is 2.07. The molecule has 0 aromatic rings. The number of rotatable bonds is 4. The van der Waals surface area contributed by atoms with Gasteiger partial charge in [-0.15, -0.1) is 0 Å². The Kier molecular flexibility index (Phi) is 3.19. The van der Waals surface area contributed by atoms with Crippen LogP contribution in [0.1, 0.15) is 26.2 Å². The molecular weight excluding hydrogens is 224 g/mol. The topological polar surface area (TPSA) is 87.1 Å². The van der Waals surface area contributed by atoms with Crippen molar-refractivity contribution < 1.29 is 24.5 Å². The monoisotopic (exact) mass is 240 g/mol. The van der Waals surface area contributed by atoms with Crippen LogP contribution in [-0.2, 0) is 14.3 Å². The van der Waals surface area contributed by atoms with Crippen LogP contribution in [0.3, 0.4) is 0 Å². The van der Waals surface area contributed by atoms with Crippen molar-refractivity contribution in [2.75, 3.05) is 0 Å². The Balaban J connectivity index is 2.02. The minimum absolute atomic E-state index is 0.0200. The smallest absolute Gasteiger partial charge is 0.331 e. The third-order valence-electron chi connectivity index (χ3n) is 3.69. The van der Waals surface area contributed by atoms with Crippen LogP contribution in [0.15, 0.2) is 11.6 Å². The summed E-state index contributed by atoms with van der Waals surface area (Å²) in [5.74, 6) is -1.75. The van der Waals surface area contributed by atoms with Crippen molar-refractivity contribution >= 4 is 11.9 Å². The van der Waals surface area contributed by atoms with Gasteiger partial charge in [0.2, 0.25) is 0 Å². The van der Waals surface area contributed by atoms with Crippen LogP contribution in [0.25, 0.3) is 0 Å². The van der Waals surface area contributed by atoms with Gasteiger partial charge in [-0.2, -0.15) is 0 Å². The molecule has 1 saturated heterocycles. The Labute approximate surface area is 99.1 Å². The zero-order chi connectivity index (χ0) is 12.6. The van der Waals surface area contributed by atoms with Crippen molar-refractivity contribution in [2.24, 2.45) is 11.8 Å². The summed E-state index contributed by atoms with van der Waals surface area (Å²) in [5.41, 5.74) is -0.0200. The summed E-state index contributed by atoms with van der Waals surface area (Å²) in [6.07, 6.45) is 3.55. The van der Waals surface area contributed by atoms with Gasteiger partial charge >= 0.3 is 11.9 Å². The second-order valence-corrected chi connectivity index (χ2v) is 4.94. The molecule has 5 nitrogen and oxygen atoms in total. The van der Waals surface area contributed by atoms with E-state index in [1.54, 1.807) is 0 Å². The Morgan fingerprint density at radius 1 is 1.29 bits per heavy atom. The highest BCUT2D eigenvalue weighted by Gasteiger charge is 2.47. The molecular formula is C12H16O5. The van der Waals surface area contributed by atoms with E-state index in [1.165, 1.54) is 0 Å². The SMILES string of the molecule is CC1CC2OC2CC1CC(=CC(=O)O)C(=O)O. The Bertz CT molecular complexity index is 373. The van der Waals surface area contributed by atoms with Crippen molar-refractivity contribution in [2.45, 2.75) is 38.4 Å². The van der Waals surface area contributed by atoms with Crippen LogP contribution in [0.5, 0.6) is 0 Å². The molecule has 17 heavy (non-hydrogen) atoms. The Morgan fingerprint density at radius 3 is 2.53 bits per heavy atom. The molecule has 0 amide bonds. The number of carbonyl (C=O) groups is 2. The predicted octanol–water partition coefficient (Wildman–Crippen LogP) is 1.29. The zero-order valence-electron chi connectivity index (χ0n) is 9.63. The number of epoxide rings is 1. The first-order valence-corrected chi connectivity index (χ1v) is 5.79. The first-order valence-electron chi connectivity index (χ1n) is 5.79. The van der Waals surface area contributed by atoms with Crippen molar-refractivity contribution in [3.8, 4) is 0 Å². The molecule has 2 fully saturated rings. The Morgan fingerprint density at radius 2 is 1.94 bits per heavy atom. The molecule has 0 aromatic carbocycles. The first-order chi connectivity index (χ1) is 7.97. The predicted molar refractivity (Wildman–Crippen MR) is 58.5 cm³/mol. The van der Waals surface area contributed by atoms with Gasteiger partial charge in [0.25, 0.3) is 0 Å². The molecule has 5 heteroatoms. The fourth-order valence-corrected chi connectivity index (χ4v) is 2.61. The van der Waals surface area contributed by atoms with Gasteiger partial charge in [-0.05, 0) is 31.1 Å². The average Bonchev–Trinajstić information content (AvgIpc) is 2.94. The van der Waals surface area contributed by atoms with Gasteiger partial charge in [0.05, 0.1) is 12.2 Å².